The maximum Gasteiger partial charge on any atom is 0.258 e. The van der Waals surface area contributed by atoms with Crippen molar-refractivity contribution < 1.29 is 14.3 Å². The van der Waals surface area contributed by atoms with E-state index in [1.807, 2.05) is 55.5 Å². The van der Waals surface area contributed by atoms with E-state index in [0.717, 1.165) is 22.6 Å². The minimum atomic E-state index is -0.142. The van der Waals surface area contributed by atoms with E-state index < -0.39 is 0 Å². The molecule has 2 rings (SSSR count). The molecule has 0 aliphatic carbocycles. The Balaban J connectivity index is 1.91. The standard InChI is InChI=1S/C20H25NO3/c1-14(2)18-7-5-6-8-19(18)24-13-20(22)21-15(3)16-9-11-17(23-4)12-10-16/h5-12,14-15H,13H2,1-4H3,(H,21,22)/t15-/m0/s1. The minimum Gasteiger partial charge on any atom is -0.497 e. The third-order valence-electron chi connectivity index (χ3n) is 3.89. The first-order chi connectivity index (χ1) is 11.5. The highest BCUT2D eigenvalue weighted by Crippen LogP contribution is 2.25. The first-order valence-electron chi connectivity index (χ1n) is 8.16. The van der Waals surface area contributed by atoms with Crippen molar-refractivity contribution in [2.24, 2.45) is 0 Å². The third kappa shape index (κ3) is 4.75. The summed E-state index contributed by atoms with van der Waals surface area (Å²) in [5, 5.41) is 2.95. The van der Waals surface area contributed by atoms with Crippen LogP contribution in [0.3, 0.4) is 0 Å². The number of methoxy groups -OCH3 is 1. The van der Waals surface area contributed by atoms with E-state index in [9.17, 15) is 4.79 Å². The van der Waals surface area contributed by atoms with Crippen LogP contribution in [0.4, 0.5) is 0 Å². The van der Waals surface area contributed by atoms with E-state index >= 15 is 0 Å². The molecule has 0 heterocycles. The van der Waals surface area contributed by atoms with Gasteiger partial charge in [-0.15, -0.1) is 0 Å². The number of amides is 1. The molecule has 0 saturated carbocycles. The lowest BCUT2D eigenvalue weighted by Gasteiger charge is -2.17. The van der Waals surface area contributed by atoms with Crippen molar-refractivity contribution in [3.63, 3.8) is 0 Å². The van der Waals surface area contributed by atoms with Gasteiger partial charge < -0.3 is 14.8 Å². The van der Waals surface area contributed by atoms with Gasteiger partial charge in [0.05, 0.1) is 13.2 Å². The molecule has 1 amide bonds. The number of hydrogen-bond donors (Lipinski definition) is 1. The molecule has 2 aromatic rings. The first-order valence-corrected chi connectivity index (χ1v) is 8.16. The van der Waals surface area contributed by atoms with Gasteiger partial charge in [0.15, 0.2) is 6.61 Å². The molecule has 4 nitrogen and oxygen atoms in total. The molecule has 1 N–H and O–H groups in total. The van der Waals surface area contributed by atoms with Crippen LogP contribution in [0.15, 0.2) is 48.5 Å². The van der Waals surface area contributed by atoms with Crippen LogP contribution in [0, 0.1) is 0 Å². The maximum atomic E-state index is 12.1. The van der Waals surface area contributed by atoms with Crippen molar-refractivity contribution in [3.8, 4) is 11.5 Å². The molecule has 0 radical (unpaired) electrons. The number of hydrogen-bond acceptors (Lipinski definition) is 3. The molecule has 0 spiro atoms. The van der Waals surface area contributed by atoms with Crippen LogP contribution in [0.5, 0.6) is 11.5 Å². The molecule has 0 aliphatic rings. The lowest BCUT2D eigenvalue weighted by molar-refractivity contribution is -0.123. The average molecular weight is 327 g/mol. The Morgan fingerprint density at radius 1 is 1.04 bits per heavy atom. The Bertz CT molecular complexity index is 665. The fourth-order valence-electron chi connectivity index (χ4n) is 2.49. The molecular weight excluding hydrogens is 302 g/mol. The molecule has 0 unspecified atom stereocenters. The van der Waals surface area contributed by atoms with E-state index in [4.69, 9.17) is 9.47 Å². The Hall–Kier alpha value is -2.49. The fraction of sp³-hybridized carbons (Fsp3) is 0.350. The van der Waals surface area contributed by atoms with Gasteiger partial charge in [0.2, 0.25) is 0 Å². The van der Waals surface area contributed by atoms with E-state index in [1.54, 1.807) is 7.11 Å². The van der Waals surface area contributed by atoms with Crippen LogP contribution in [-0.2, 0) is 4.79 Å². The van der Waals surface area contributed by atoms with Crippen LogP contribution in [0.2, 0.25) is 0 Å². The zero-order valence-corrected chi connectivity index (χ0v) is 14.7. The number of nitrogens with one attached hydrogen (secondary N) is 1. The molecule has 0 aromatic heterocycles. The second-order valence-electron chi connectivity index (χ2n) is 6.04. The molecule has 0 fully saturated rings. The zero-order valence-electron chi connectivity index (χ0n) is 14.7. The number of rotatable bonds is 7. The lowest BCUT2D eigenvalue weighted by atomic mass is 10.0. The fourth-order valence-corrected chi connectivity index (χ4v) is 2.49. The van der Waals surface area contributed by atoms with Gasteiger partial charge in [-0.2, -0.15) is 0 Å². The monoisotopic (exact) mass is 327 g/mol. The molecule has 0 aliphatic heterocycles. The second-order valence-corrected chi connectivity index (χ2v) is 6.04. The quantitative estimate of drug-likeness (QED) is 0.834. The summed E-state index contributed by atoms with van der Waals surface area (Å²) in [5.41, 5.74) is 2.13. The van der Waals surface area contributed by atoms with Gasteiger partial charge in [-0.3, -0.25) is 4.79 Å². The number of benzene rings is 2. The highest BCUT2D eigenvalue weighted by Gasteiger charge is 2.12. The van der Waals surface area contributed by atoms with Crippen LogP contribution in [-0.4, -0.2) is 19.6 Å². The van der Waals surface area contributed by atoms with E-state index in [1.165, 1.54) is 0 Å². The number of carbonyl (C=O) groups is 1. The molecule has 1 atom stereocenters. The van der Waals surface area contributed by atoms with E-state index in [-0.39, 0.29) is 18.6 Å². The third-order valence-corrected chi connectivity index (χ3v) is 3.89. The lowest BCUT2D eigenvalue weighted by Crippen LogP contribution is -2.31. The van der Waals surface area contributed by atoms with Gasteiger partial charge in [-0.1, -0.05) is 44.2 Å². The molecule has 2 aromatic carbocycles. The minimum absolute atomic E-state index is 0.00419. The summed E-state index contributed by atoms with van der Waals surface area (Å²) in [6, 6.07) is 15.4. The van der Waals surface area contributed by atoms with Crippen LogP contribution < -0.4 is 14.8 Å². The van der Waals surface area contributed by atoms with Gasteiger partial charge >= 0.3 is 0 Å². The summed E-state index contributed by atoms with van der Waals surface area (Å²) < 4.78 is 10.8. The predicted molar refractivity (Wildman–Crippen MR) is 95.6 cm³/mol. The van der Waals surface area contributed by atoms with Crippen molar-refractivity contribution in [1.29, 1.82) is 0 Å². The van der Waals surface area contributed by atoms with Crippen molar-refractivity contribution in [2.75, 3.05) is 13.7 Å². The molecule has 128 valence electrons. The Kier molecular flexibility index (Phi) is 6.24. The van der Waals surface area contributed by atoms with E-state index in [0.29, 0.717) is 5.92 Å². The average Bonchev–Trinajstić information content (AvgIpc) is 2.60. The molecule has 0 bridgehead atoms. The molecular formula is C20H25NO3. The smallest absolute Gasteiger partial charge is 0.258 e. The van der Waals surface area contributed by atoms with Crippen molar-refractivity contribution in [1.82, 2.24) is 5.32 Å². The molecule has 4 heteroatoms. The molecule has 0 saturated heterocycles. The van der Waals surface area contributed by atoms with Gasteiger partial charge in [0.1, 0.15) is 11.5 Å². The van der Waals surface area contributed by atoms with Gasteiger partial charge in [-0.25, -0.2) is 0 Å². The Morgan fingerprint density at radius 2 is 1.71 bits per heavy atom. The summed E-state index contributed by atoms with van der Waals surface area (Å²) in [4.78, 5) is 12.1. The topological polar surface area (TPSA) is 47.6 Å². The van der Waals surface area contributed by atoms with Crippen molar-refractivity contribution in [3.05, 3.63) is 59.7 Å². The Morgan fingerprint density at radius 3 is 2.33 bits per heavy atom. The maximum absolute atomic E-state index is 12.1. The molecule has 24 heavy (non-hydrogen) atoms. The first kappa shape index (κ1) is 17.9. The predicted octanol–water partition coefficient (Wildman–Crippen LogP) is 4.07. The normalized spacial score (nSPS) is 11.9. The van der Waals surface area contributed by atoms with Crippen LogP contribution >= 0.6 is 0 Å². The summed E-state index contributed by atoms with van der Waals surface area (Å²) >= 11 is 0. The summed E-state index contributed by atoms with van der Waals surface area (Å²) in [6.07, 6.45) is 0. The number of carbonyl (C=O) groups excluding carboxylic acids is 1. The highest BCUT2D eigenvalue weighted by atomic mass is 16.5. The summed E-state index contributed by atoms with van der Waals surface area (Å²) in [5.74, 6) is 1.77. The summed E-state index contributed by atoms with van der Waals surface area (Å²) in [7, 11) is 1.63. The second kappa shape index (κ2) is 8.39. The largest absolute Gasteiger partial charge is 0.497 e. The van der Waals surface area contributed by atoms with Gasteiger partial charge in [0.25, 0.3) is 5.91 Å². The number of ether oxygens (including phenoxy) is 2. The van der Waals surface area contributed by atoms with E-state index in [2.05, 4.69) is 19.2 Å². The van der Waals surface area contributed by atoms with Crippen molar-refractivity contribution in [2.45, 2.75) is 32.7 Å². The number of para-hydroxylation sites is 1. The van der Waals surface area contributed by atoms with Crippen LogP contribution in [0.1, 0.15) is 43.9 Å². The Labute approximate surface area is 143 Å². The zero-order chi connectivity index (χ0) is 17.5. The van der Waals surface area contributed by atoms with Crippen molar-refractivity contribution >= 4 is 5.91 Å². The van der Waals surface area contributed by atoms with Gasteiger partial charge in [-0.05, 0) is 42.2 Å². The van der Waals surface area contributed by atoms with Crippen LogP contribution in [0.25, 0.3) is 0 Å². The highest BCUT2D eigenvalue weighted by molar-refractivity contribution is 5.78. The SMILES string of the molecule is COc1ccc([C@H](C)NC(=O)COc2ccccc2C(C)C)cc1. The summed E-state index contributed by atoms with van der Waals surface area (Å²) in [6.45, 7) is 6.16. The van der Waals surface area contributed by atoms with Gasteiger partial charge in [0, 0.05) is 0 Å².